The number of halogens is 2. The van der Waals surface area contributed by atoms with E-state index in [0.29, 0.717) is 22.2 Å². The van der Waals surface area contributed by atoms with E-state index in [1.807, 2.05) is 0 Å². The van der Waals surface area contributed by atoms with Gasteiger partial charge in [-0.2, -0.15) is 0 Å². The molecule has 0 aliphatic rings. The number of carbonyl (C=O) groups excluding carboxylic acids is 1. The number of aryl methyl sites for hydroxylation is 1. The fraction of sp³-hybridized carbons (Fsp3) is 0.150. The van der Waals surface area contributed by atoms with Crippen molar-refractivity contribution < 1.29 is 22.5 Å². The first-order chi connectivity index (χ1) is 15.5. The molecule has 1 aromatic heterocycles. The molecule has 0 aliphatic carbocycles. The lowest BCUT2D eigenvalue weighted by Gasteiger charge is -2.16. The Morgan fingerprint density at radius 2 is 1.85 bits per heavy atom. The molecule has 0 bridgehead atoms. The Hall–Kier alpha value is -2.86. The Kier molecular flexibility index (Phi) is 7.80. The molecule has 3 rings (SSSR count). The second kappa shape index (κ2) is 10.4. The topological polar surface area (TPSA) is 123 Å². The lowest BCUT2D eigenvalue weighted by atomic mass is 10.3. The zero-order valence-corrected chi connectivity index (χ0v) is 20.4. The van der Waals surface area contributed by atoms with Crippen LogP contribution in [0.2, 0.25) is 10.0 Å². The summed E-state index contributed by atoms with van der Waals surface area (Å²) in [4.78, 5) is 12.4. The van der Waals surface area contributed by atoms with Crippen LogP contribution in [0.4, 0.5) is 11.5 Å². The number of anilines is 2. The van der Waals surface area contributed by atoms with Gasteiger partial charge in [0, 0.05) is 16.8 Å². The van der Waals surface area contributed by atoms with E-state index >= 15 is 0 Å². The summed E-state index contributed by atoms with van der Waals surface area (Å²) in [5.41, 5.74) is 0.464. The summed E-state index contributed by atoms with van der Waals surface area (Å²) in [6.45, 7) is 3.18. The van der Waals surface area contributed by atoms with Gasteiger partial charge in [0.2, 0.25) is 0 Å². The average molecular weight is 529 g/mol. The molecule has 3 aromatic rings. The second-order valence-electron chi connectivity index (χ2n) is 6.73. The van der Waals surface area contributed by atoms with Crippen molar-refractivity contribution in [2.45, 2.75) is 24.8 Å². The molecule has 0 aliphatic heterocycles. The number of hydrogen-bond donors (Lipinski definition) is 3. The highest BCUT2D eigenvalue weighted by molar-refractivity contribution is 7.92. The van der Waals surface area contributed by atoms with E-state index in [0.717, 1.165) is 0 Å². The van der Waals surface area contributed by atoms with Crippen molar-refractivity contribution in [3.05, 3.63) is 64.3 Å². The summed E-state index contributed by atoms with van der Waals surface area (Å²) in [5, 5.41) is 9.61. The summed E-state index contributed by atoms with van der Waals surface area (Å²) in [5.74, 6) is 0.340. The molecule has 0 radical (unpaired) electrons. The summed E-state index contributed by atoms with van der Waals surface area (Å²) < 4.78 is 37.6. The van der Waals surface area contributed by atoms with Gasteiger partial charge in [-0.15, -0.1) is 0 Å². The molecule has 0 saturated heterocycles. The van der Waals surface area contributed by atoms with E-state index < -0.39 is 22.0 Å². The fourth-order valence-corrected chi connectivity index (χ4v) is 4.17. The monoisotopic (exact) mass is 528 g/mol. The predicted molar refractivity (Wildman–Crippen MR) is 129 cm³/mol. The van der Waals surface area contributed by atoms with Gasteiger partial charge in [0.05, 0.1) is 9.92 Å². The van der Waals surface area contributed by atoms with Gasteiger partial charge >= 0.3 is 0 Å². The number of aromatic nitrogens is 1. The molecule has 1 heterocycles. The quantitative estimate of drug-likeness (QED) is 0.386. The summed E-state index contributed by atoms with van der Waals surface area (Å²) in [7, 11) is -3.85. The SMILES string of the molecule is Cc1cc(NS(=O)(=O)c2ccc(NC(=S)NC(=O)C(C)Oc3ccc(Cl)cc3Cl)cc2)no1. The van der Waals surface area contributed by atoms with E-state index in [1.165, 1.54) is 43.3 Å². The number of amides is 1. The largest absolute Gasteiger partial charge is 0.479 e. The van der Waals surface area contributed by atoms with Gasteiger partial charge in [-0.25, -0.2) is 8.42 Å². The Morgan fingerprint density at radius 3 is 2.45 bits per heavy atom. The van der Waals surface area contributed by atoms with Crippen LogP contribution in [-0.4, -0.2) is 30.7 Å². The van der Waals surface area contributed by atoms with Crippen LogP contribution in [0, 0.1) is 6.92 Å². The van der Waals surface area contributed by atoms with Crippen molar-refractivity contribution >= 4 is 68.0 Å². The van der Waals surface area contributed by atoms with Gasteiger partial charge in [-0.1, -0.05) is 28.4 Å². The molecule has 9 nitrogen and oxygen atoms in total. The van der Waals surface area contributed by atoms with Gasteiger partial charge in [0.1, 0.15) is 11.5 Å². The van der Waals surface area contributed by atoms with Crippen LogP contribution in [0.3, 0.4) is 0 Å². The first-order valence-electron chi connectivity index (χ1n) is 9.33. The van der Waals surface area contributed by atoms with E-state index in [-0.39, 0.29) is 20.8 Å². The highest BCUT2D eigenvalue weighted by Crippen LogP contribution is 2.28. The molecule has 174 valence electrons. The number of rotatable bonds is 7. The van der Waals surface area contributed by atoms with E-state index in [2.05, 4.69) is 20.5 Å². The van der Waals surface area contributed by atoms with Crippen LogP contribution in [0.25, 0.3) is 0 Å². The van der Waals surface area contributed by atoms with Gasteiger partial charge in [0.25, 0.3) is 15.9 Å². The third-order valence-corrected chi connectivity index (χ3v) is 6.20. The molecule has 0 spiro atoms. The first-order valence-corrected chi connectivity index (χ1v) is 12.0. The molecule has 13 heteroatoms. The minimum absolute atomic E-state index is 0.00413. The Bertz CT molecular complexity index is 1280. The zero-order chi connectivity index (χ0) is 24.2. The van der Waals surface area contributed by atoms with Crippen molar-refractivity contribution in [2.75, 3.05) is 10.0 Å². The molecule has 2 aromatic carbocycles. The standard InChI is InChI=1S/C20H18Cl2N4O5S2/c1-11-9-18(25-31-11)26-33(28,29)15-6-4-14(5-7-15)23-20(32)24-19(27)12(2)30-17-8-3-13(21)10-16(17)22/h3-10,12H,1-2H3,(H,25,26)(H2,23,24,27,32). The fourth-order valence-electron chi connectivity index (χ4n) is 2.52. The number of nitrogens with zero attached hydrogens (tertiary/aromatic N) is 1. The maximum Gasteiger partial charge on any atom is 0.266 e. The van der Waals surface area contributed by atoms with Crippen molar-refractivity contribution in [1.29, 1.82) is 0 Å². The lowest BCUT2D eigenvalue weighted by molar-refractivity contribution is -0.125. The van der Waals surface area contributed by atoms with Gasteiger partial charge in [-0.3, -0.25) is 14.8 Å². The third kappa shape index (κ3) is 6.81. The molecule has 0 fully saturated rings. The molecule has 1 atom stereocenters. The second-order valence-corrected chi connectivity index (χ2v) is 9.67. The maximum atomic E-state index is 12.4. The molecular weight excluding hydrogens is 511 g/mol. The number of sulfonamides is 1. The van der Waals surface area contributed by atoms with Crippen LogP contribution < -0.4 is 20.1 Å². The summed E-state index contributed by atoms with van der Waals surface area (Å²) in [6.07, 6.45) is -0.901. The molecule has 3 N–H and O–H groups in total. The van der Waals surface area contributed by atoms with Crippen LogP contribution in [0.15, 0.2) is 57.9 Å². The van der Waals surface area contributed by atoms with Gasteiger partial charge in [0.15, 0.2) is 17.0 Å². The van der Waals surface area contributed by atoms with Gasteiger partial charge in [-0.05, 0) is 68.5 Å². The lowest BCUT2D eigenvalue weighted by Crippen LogP contribution is -2.42. The number of hydrogen-bond acceptors (Lipinski definition) is 7. The number of thiocarbonyl (C=S) groups is 1. The van der Waals surface area contributed by atoms with E-state index in [1.54, 1.807) is 19.1 Å². The minimum Gasteiger partial charge on any atom is -0.479 e. The Balaban J connectivity index is 1.56. The summed E-state index contributed by atoms with van der Waals surface area (Å²) >= 11 is 17.0. The third-order valence-electron chi connectivity index (χ3n) is 4.09. The normalized spacial score (nSPS) is 12.0. The zero-order valence-electron chi connectivity index (χ0n) is 17.3. The maximum absolute atomic E-state index is 12.4. The Labute approximate surface area is 205 Å². The number of ether oxygens (including phenoxy) is 1. The number of nitrogens with one attached hydrogen (secondary N) is 3. The van der Waals surface area contributed by atoms with Crippen LogP contribution >= 0.6 is 35.4 Å². The van der Waals surface area contributed by atoms with Crippen LogP contribution in [0.1, 0.15) is 12.7 Å². The summed E-state index contributed by atoms with van der Waals surface area (Å²) in [6, 6.07) is 11.8. The van der Waals surface area contributed by atoms with Crippen molar-refractivity contribution in [3.63, 3.8) is 0 Å². The van der Waals surface area contributed by atoms with Crippen LogP contribution in [-0.2, 0) is 14.8 Å². The van der Waals surface area contributed by atoms with Crippen molar-refractivity contribution in [1.82, 2.24) is 10.5 Å². The van der Waals surface area contributed by atoms with E-state index in [9.17, 15) is 13.2 Å². The molecule has 0 saturated carbocycles. The first kappa shape index (κ1) is 24.8. The molecule has 33 heavy (non-hydrogen) atoms. The smallest absolute Gasteiger partial charge is 0.266 e. The number of benzene rings is 2. The molecule has 1 amide bonds. The van der Waals surface area contributed by atoms with Crippen molar-refractivity contribution in [2.24, 2.45) is 0 Å². The van der Waals surface area contributed by atoms with Gasteiger partial charge < -0.3 is 14.6 Å². The minimum atomic E-state index is -3.85. The van der Waals surface area contributed by atoms with Crippen LogP contribution in [0.5, 0.6) is 5.75 Å². The van der Waals surface area contributed by atoms with E-state index in [4.69, 9.17) is 44.7 Å². The Morgan fingerprint density at radius 1 is 1.15 bits per heavy atom. The number of carbonyl (C=O) groups is 1. The highest BCUT2D eigenvalue weighted by Gasteiger charge is 2.19. The predicted octanol–water partition coefficient (Wildman–Crippen LogP) is 4.37. The molecular formula is C20H18Cl2N4O5S2. The highest BCUT2D eigenvalue weighted by atomic mass is 35.5. The van der Waals surface area contributed by atoms with Crippen molar-refractivity contribution in [3.8, 4) is 5.75 Å². The molecule has 1 unspecified atom stereocenters. The average Bonchev–Trinajstić information content (AvgIpc) is 3.14.